The van der Waals surface area contributed by atoms with Crippen LogP contribution in [-0.2, 0) is 20.9 Å². The fraction of sp³-hybridized carbons (Fsp3) is 0.238. The van der Waals surface area contributed by atoms with E-state index in [1.165, 1.54) is 11.1 Å². The maximum absolute atomic E-state index is 12.9. The van der Waals surface area contributed by atoms with Crippen LogP contribution in [0.1, 0.15) is 28.8 Å². The van der Waals surface area contributed by atoms with Crippen molar-refractivity contribution in [3.8, 4) is 0 Å². The summed E-state index contributed by atoms with van der Waals surface area (Å²) in [5.41, 5.74) is 2.86. The summed E-state index contributed by atoms with van der Waals surface area (Å²) in [5.74, 6) is -1.35. The average molecular weight is 433 g/mol. The first-order chi connectivity index (χ1) is 15.5. The summed E-state index contributed by atoms with van der Waals surface area (Å²) in [6.45, 7) is 0.191. The van der Waals surface area contributed by atoms with Gasteiger partial charge in [0.1, 0.15) is 11.7 Å². The number of fused-ring (bicyclic) bond motifs is 2. The molecule has 0 radical (unpaired) electrons. The number of carbonyl (C=O) groups is 4. The molecule has 2 aromatic heterocycles. The molecule has 32 heavy (non-hydrogen) atoms. The van der Waals surface area contributed by atoms with E-state index in [-0.39, 0.29) is 37.2 Å². The van der Waals surface area contributed by atoms with Crippen molar-refractivity contribution >= 4 is 40.7 Å². The Morgan fingerprint density at radius 1 is 1.19 bits per heavy atom. The minimum Gasteiger partial charge on any atom is -0.376 e. The Morgan fingerprint density at radius 2 is 2.06 bits per heavy atom. The largest absolute Gasteiger partial charge is 0.376 e. The average Bonchev–Trinajstić information content (AvgIpc) is 3.34. The van der Waals surface area contributed by atoms with Gasteiger partial charge in [-0.05, 0) is 24.6 Å². The van der Waals surface area contributed by atoms with Crippen LogP contribution in [0.4, 0.5) is 11.4 Å². The van der Waals surface area contributed by atoms with Gasteiger partial charge in [-0.1, -0.05) is 6.07 Å². The Morgan fingerprint density at radius 3 is 2.91 bits per heavy atom. The molecule has 0 saturated carbocycles. The molecular formula is C21H19N7O4. The smallest absolute Gasteiger partial charge is 0.255 e. The number of nitrogens with zero attached hydrogens (tertiary/aromatic N) is 4. The van der Waals surface area contributed by atoms with Crippen LogP contribution in [0.3, 0.4) is 0 Å². The van der Waals surface area contributed by atoms with Crippen LogP contribution in [0.2, 0.25) is 0 Å². The minimum atomic E-state index is -0.688. The number of hydrogen-bond acceptors (Lipinski definition) is 7. The first kappa shape index (κ1) is 19.7. The maximum Gasteiger partial charge on any atom is 0.255 e. The van der Waals surface area contributed by atoms with E-state index >= 15 is 0 Å². The summed E-state index contributed by atoms with van der Waals surface area (Å²) in [4.78, 5) is 54.7. The summed E-state index contributed by atoms with van der Waals surface area (Å²) in [6.07, 6.45) is 5.36. The van der Waals surface area contributed by atoms with Gasteiger partial charge in [0.05, 0.1) is 12.7 Å². The number of benzene rings is 1. The number of piperidine rings is 1. The van der Waals surface area contributed by atoms with Crippen molar-refractivity contribution in [1.29, 1.82) is 0 Å². The van der Waals surface area contributed by atoms with Gasteiger partial charge >= 0.3 is 0 Å². The second-order valence-electron chi connectivity index (χ2n) is 7.58. The number of hydrogen-bond donors (Lipinski definition) is 3. The van der Waals surface area contributed by atoms with Crippen LogP contribution in [0.25, 0.3) is 5.65 Å². The zero-order chi connectivity index (χ0) is 22.2. The molecule has 3 aromatic rings. The van der Waals surface area contributed by atoms with Crippen molar-refractivity contribution in [2.75, 3.05) is 17.2 Å². The zero-order valence-corrected chi connectivity index (χ0v) is 16.9. The summed E-state index contributed by atoms with van der Waals surface area (Å²) in [5, 5.41) is 12.3. The summed E-state index contributed by atoms with van der Waals surface area (Å²) in [7, 11) is 0. The maximum atomic E-state index is 12.9. The monoisotopic (exact) mass is 433 g/mol. The molecule has 162 valence electrons. The number of nitrogens with one attached hydrogen (secondary N) is 3. The lowest BCUT2D eigenvalue weighted by Crippen LogP contribution is -2.52. The lowest BCUT2D eigenvalue weighted by atomic mass is 10.0. The van der Waals surface area contributed by atoms with Gasteiger partial charge in [0.25, 0.3) is 5.91 Å². The highest BCUT2D eigenvalue weighted by atomic mass is 16.2. The van der Waals surface area contributed by atoms with Gasteiger partial charge in [0.2, 0.25) is 17.7 Å². The number of carbonyl (C=O) groups excluding carboxylic acids is 4. The number of rotatable bonds is 5. The van der Waals surface area contributed by atoms with E-state index in [0.29, 0.717) is 34.6 Å². The van der Waals surface area contributed by atoms with Crippen LogP contribution in [0.5, 0.6) is 0 Å². The van der Waals surface area contributed by atoms with E-state index in [1.54, 1.807) is 41.2 Å². The lowest BCUT2D eigenvalue weighted by Gasteiger charge is -2.29. The van der Waals surface area contributed by atoms with Crippen molar-refractivity contribution in [3.63, 3.8) is 0 Å². The van der Waals surface area contributed by atoms with Crippen molar-refractivity contribution in [2.45, 2.75) is 25.4 Å². The van der Waals surface area contributed by atoms with Crippen molar-refractivity contribution in [1.82, 2.24) is 24.8 Å². The molecule has 4 heterocycles. The Hall–Kier alpha value is -4.28. The third-order valence-electron chi connectivity index (χ3n) is 5.57. The van der Waals surface area contributed by atoms with Gasteiger partial charge in [0, 0.05) is 42.2 Å². The number of aromatic nitrogens is 3. The molecule has 0 aliphatic carbocycles. The molecule has 1 atom stereocenters. The summed E-state index contributed by atoms with van der Waals surface area (Å²) in [6, 6.07) is 6.25. The minimum absolute atomic E-state index is 0.0345. The van der Waals surface area contributed by atoms with Crippen molar-refractivity contribution in [3.05, 3.63) is 54.0 Å². The molecule has 4 amide bonds. The van der Waals surface area contributed by atoms with Crippen molar-refractivity contribution < 1.29 is 19.2 Å². The summed E-state index contributed by atoms with van der Waals surface area (Å²) >= 11 is 0. The van der Waals surface area contributed by atoms with Crippen LogP contribution < -0.4 is 16.0 Å². The molecule has 0 bridgehead atoms. The molecular weight excluding hydrogens is 414 g/mol. The second kappa shape index (κ2) is 7.76. The Bertz CT molecular complexity index is 1270. The third-order valence-corrected chi connectivity index (χ3v) is 5.57. The number of amides is 4. The van der Waals surface area contributed by atoms with E-state index < -0.39 is 11.9 Å². The van der Waals surface area contributed by atoms with E-state index in [9.17, 15) is 19.2 Å². The van der Waals surface area contributed by atoms with E-state index in [1.807, 2.05) is 0 Å². The molecule has 5 rings (SSSR count). The highest BCUT2D eigenvalue weighted by Crippen LogP contribution is 2.32. The molecule has 1 saturated heterocycles. The summed E-state index contributed by atoms with van der Waals surface area (Å²) < 4.78 is 1.56. The van der Waals surface area contributed by atoms with Gasteiger partial charge in [0.15, 0.2) is 5.65 Å². The Balaban J connectivity index is 1.28. The SMILES string of the molecule is O=C1CCC(N2Cc3c(NCC(=O)Nc4cnn5cccnc45)cccc3C2=O)C(=O)N1. The molecule has 11 heteroatoms. The number of anilines is 2. The van der Waals surface area contributed by atoms with Gasteiger partial charge in [-0.2, -0.15) is 5.10 Å². The topological polar surface area (TPSA) is 138 Å². The molecule has 3 N–H and O–H groups in total. The van der Waals surface area contributed by atoms with Gasteiger partial charge in [-0.15, -0.1) is 0 Å². The third kappa shape index (κ3) is 3.43. The van der Waals surface area contributed by atoms with Crippen molar-refractivity contribution in [2.24, 2.45) is 0 Å². The fourth-order valence-electron chi connectivity index (χ4n) is 4.04. The van der Waals surface area contributed by atoms with E-state index in [2.05, 4.69) is 26.0 Å². The fourth-order valence-corrected chi connectivity index (χ4v) is 4.04. The quantitative estimate of drug-likeness (QED) is 0.499. The standard InChI is InChI=1S/C21H19N7O4/c29-17-6-5-16(20(31)26-17)27-11-13-12(21(27)32)3-1-4-14(13)23-10-18(30)25-15-9-24-28-8-2-7-22-19(15)28/h1-4,7-9,16,23H,5-6,10-11H2,(H,25,30)(H,26,29,31). The lowest BCUT2D eigenvalue weighted by molar-refractivity contribution is -0.136. The molecule has 1 aromatic carbocycles. The normalized spacial score (nSPS) is 17.9. The molecule has 1 fully saturated rings. The van der Waals surface area contributed by atoms with Crippen LogP contribution in [0, 0.1) is 0 Å². The van der Waals surface area contributed by atoms with Crippen LogP contribution in [-0.4, -0.2) is 55.7 Å². The predicted molar refractivity (Wildman–Crippen MR) is 113 cm³/mol. The molecule has 0 spiro atoms. The first-order valence-electron chi connectivity index (χ1n) is 10.1. The first-order valence-corrected chi connectivity index (χ1v) is 10.1. The molecule has 1 unspecified atom stereocenters. The van der Waals surface area contributed by atoms with Crippen LogP contribution >= 0.6 is 0 Å². The molecule has 11 nitrogen and oxygen atoms in total. The highest BCUT2D eigenvalue weighted by molar-refractivity contribution is 6.06. The van der Waals surface area contributed by atoms with Crippen LogP contribution in [0.15, 0.2) is 42.9 Å². The van der Waals surface area contributed by atoms with E-state index in [0.717, 1.165) is 0 Å². The Labute approximate surface area is 181 Å². The highest BCUT2D eigenvalue weighted by Gasteiger charge is 2.39. The molecule has 2 aliphatic rings. The molecule has 2 aliphatic heterocycles. The zero-order valence-electron chi connectivity index (χ0n) is 16.9. The van der Waals surface area contributed by atoms with Gasteiger partial charge in [-0.25, -0.2) is 9.50 Å². The predicted octanol–water partition coefficient (Wildman–Crippen LogP) is 0.541. The van der Waals surface area contributed by atoms with Gasteiger partial charge < -0.3 is 15.5 Å². The number of imide groups is 1. The Kier molecular flexibility index (Phi) is 4.77. The second-order valence-corrected chi connectivity index (χ2v) is 7.58. The van der Waals surface area contributed by atoms with E-state index in [4.69, 9.17) is 0 Å². The van der Waals surface area contributed by atoms with Gasteiger partial charge in [-0.3, -0.25) is 24.5 Å².